The number of rotatable bonds is 6. The lowest BCUT2D eigenvalue weighted by Gasteiger charge is -2.17. The number of halogens is 1. The number of nitrogens with zero attached hydrogens (tertiary/aromatic N) is 2. The van der Waals surface area contributed by atoms with Gasteiger partial charge >= 0.3 is 0 Å². The number of hydrogen-bond donors (Lipinski definition) is 3. The summed E-state index contributed by atoms with van der Waals surface area (Å²) in [6.45, 7) is 6.63. The molecule has 2 aliphatic rings. The molecule has 3 heterocycles. The number of aromatic amines is 1. The Hall–Kier alpha value is -3.94. The van der Waals surface area contributed by atoms with Gasteiger partial charge in [-0.15, -0.1) is 0 Å². The van der Waals surface area contributed by atoms with Crippen LogP contribution in [0.25, 0.3) is 16.7 Å². The third kappa shape index (κ3) is 5.46. The van der Waals surface area contributed by atoms with Gasteiger partial charge in [-0.1, -0.05) is 36.0 Å². The SMILES string of the molecule is C/C=C/C(=C\C(=C/C)c1cc2c(cc1F)NNCC=C2c1nc2c([nH]1)CC(C)=CC=C2c1ccsc1)N(C)C. The molecule has 0 radical (unpaired) electrons. The first-order valence-corrected chi connectivity index (χ1v) is 14.0. The number of anilines is 1. The second kappa shape index (κ2) is 11.4. The quantitative estimate of drug-likeness (QED) is 0.287. The van der Waals surface area contributed by atoms with E-state index in [0.29, 0.717) is 17.8 Å². The van der Waals surface area contributed by atoms with Crippen LogP contribution in [0.3, 0.4) is 0 Å². The average molecular weight is 540 g/mol. The van der Waals surface area contributed by atoms with E-state index in [1.165, 1.54) is 5.57 Å². The molecular weight excluding hydrogens is 505 g/mol. The summed E-state index contributed by atoms with van der Waals surface area (Å²) in [5, 5.41) is 4.25. The predicted molar refractivity (Wildman–Crippen MR) is 163 cm³/mol. The molecule has 1 aromatic carbocycles. The molecule has 0 atom stereocenters. The lowest BCUT2D eigenvalue weighted by molar-refractivity contribution is 0.530. The molecular formula is C32H34FN5S. The number of thiophene rings is 1. The van der Waals surface area contributed by atoms with Gasteiger partial charge < -0.3 is 15.3 Å². The lowest BCUT2D eigenvalue weighted by Crippen LogP contribution is -2.20. The molecule has 2 aromatic heterocycles. The van der Waals surface area contributed by atoms with Crippen molar-refractivity contribution in [2.45, 2.75) is 27.2 Å². The first kappa shape index (κ1) is 26.7. The van der Waals surface area contributed by atoms with Crippen molar-refractivity contribution in [3.63, 3.8) is 0 Å². The molecule has 0 unspecified atom stereocenters. The van der Waals surface area contributed by atoms with E-state index in [-0.39, 0.29) is 5.82 Å². The van der Waals surface area contributed by atoms with E-state index in [1.54, 1.807) is 17.4 Å². The Morgan fingerprint density at radius 2 is 2.00 bits per heavy atom. The van der Waals surface area contributed by atoms with Gasteiger partial charge in [0.25, 0.3) is 0 Å². The molecule has 0 amide bonds. The fourth-order valence-electron chi connectivity index (χ4n) is 4.91. The van der Waals surface area contributed by atoms with Gasteiger partial charge in [0.2, 0.25) is 0 Å². The Morgan fingerprint density at radius 3 is 2.72 bits per heavy atom. The maximum absolute atomic E-state index is 15.6. The normalized spacial score (nSPS) is 16.0. The highest BCUT2D eigenvalue weighted by atomic mass is 32.1. The first-order chi connectivity index (χ1) is 18.9. The van der Waals surface area contributed by atoms with Gasteiger partial charge in [-0.2, -0.15) is 11.3 Å². The number of imidazole rings is 1. The van der Waals surface area contributed by atoms with Crippen LogP contribution >= 0.6 is 11.3 Å². The van der Waals surface area contributed by atoms with Crippen LogP contribution in [-0.2, 0) is 6.42 Å². The zero-order valence-corrected chi connectivity index (χ0v) is 23.8. The highest BCUT2D eigenvalue weighted by molar-refractivity contribution is 7.08. The molecule has 0 spiro atoms. The number of allylic oxidation sites excluding steroid dienone is 8. The van der Waals surface area contributed by atoms with Gasteiger partial charge in [-0.3, -0.25) is 0 Å². The van der Waals surface area contributed by atoms with Crippen molar-refractivity contribution in [1.82, 2.24) is 20.3 Å². The number of aromatic nitrogens is 2. The van der Waals surface area contributed by atoms with E-state index >= 15 is 4.39 Å². The number of benzene rings is 1. The van der Waals surface area contributed by atoms with Crippen molar-refractivity contribution in [2.75, 3.05) is 26.1 Å². The topological polar surface area (TPSA) is 56.0 Å². The minimum Gasteiger partial charge on any atom is -0.378 e. The van der Waals surface area contributed by atoms with Gasteiger partial charge in [0.15, 0.2) is 0 Å². The van der Waals surface area contributed by atoms with Crippen molar-refractivity contribution in [2.24, 2.45) is 0 Å². The van der Waals surface area contributed by atoms with Crippen LogP contribution in [0.4, 0.5) is 10.1 Å². The molecule has 1 aliphatic carbocycles. The Kier molecular flexibility index (Phi) is 7.82. The van der Waals surface area contributed by atoms with Gasteiger partial charge in [0.1, 0.15) is 11.6 Å². The van der Waals surface area contributed by atoms with Crippen LogP contribution < -0.4 is 10.9 Å². The number of fused-ring (bicyclic) bond motifs is 2. The number of H-pyrrole nitrogens is 1. The van der Waals surface area contributed by atoms with Crippen LogP contribution in [0.5, 0.6) is 0 Å². The number of hydrazine groups is 1. The third-order valence-electron chi connectivity index (χ3n) is 6.92. The van der Waals surface area contributed by atoms with E-state index in [1.807, 2.05) is 63.2 Å². The van der Waals surface area contributed by atoms with Crippen molar-refractivity contribution in [3.05, 3.63) is 122 Å². The van der Waals surface area contributed by atoms with E-state index in [0.717, 1.165) is 57.2 Å². The fourth-order valence-corrected chi connectivity index (χ4v) is 5.56. The Bertz CT molecular complexity index is 1560. The molecule has 3 aromatic rings. The summed E-state index contributed by atoms with van der Waals surface area (Å²) in [5.74, 6) is 0.492. The van der Waals surface area contributed by atoms with E-state index in [2.05, 4.69) is 57.8 Å². The largest absolute Gasteiger partial charge is 0.378 e. The van der Waals surface area contributed by atoms with Crippen molar-refractivity contribution in [3.8, 4) is 0 Å². The van der Waals surface area contributed by atoms with Crippen LogP contribution in [0.15, 0.2) is 82.8 Å². The molecule has 3 N–H and O–H groups in total. The Balaban J connectivity index is 1.63. The molecule has 39 heavy (non-hydrogen) atoms. The number of nitrogens with one attached hydrogen (secondary N) is 3. The van der Waals surface area contributed by atoms with Crippen LogP contribution in [0.1, 0.15) is 54.7 Å². The average Bonchev–Trinajstić information content (AvgIpc) is 3.50. The molecule has 7 heteroatoms. The summed E-state index contributed by atoms with van der Waals surface area (Å²) in [7, 11) is 3.97. The summed E-state index contributed by atoms with van der Waals surface area (Å²) >= 11 is 1.68. The molecule has 0 saturated carbocycles. The molecule has 5 rings (SSSR count). The minimum absolute atomic E-state index is 0.286. The van der Waals surface area contributed by atoms with Crippen LogP contribution in [-0.4, -0.2) is 35.5 Å². The summed E-state index contributed by atoms with van der Waals surface area (Å²) in [6, 6.07) is 5.63. The molecule has 1 aliphatic heterocycles. The smallest absolute Gasteiger partial charge is 0.138 e. The lowest BCUT2D eigenvalue weighted by atomic mass is 9.95. The highest BCUT2D eigenvalue weighted by Gasteiger charge is 2.24. The summed E-state index contributed by atoms with van der Waals surface area (Å²) in [6.07, 6.45) is 15.2. The first-order valence-electron chi connectivity index (χ1n) is 13.1. The monoisotopic (exact) mass is 539 g/mol. The second-order valence-electron chi connectivity index (χ2n) is 9.90. The standard InChI is InChI=1S/C32H34FN5S/c1-6-8-23(38(4)5)16-21(7-2)26-17-27-25(11-13-34-37-29(27)18-28(26)33)32-35-30-15-20(3)9-10-24(31(30)36-32)22-12-14-39-19-22/h6-12,14,16-19,34,37H,13,15H2,1-5H3,(H,35,36)/b8-6+,21-7+,23-16+. The van der Waals surface area contributed by atoms with Gasteiger partial charge in [-0.25, -0.2) is 14.8 Å². The van der Waals surface area contributed by atoms with Gasteiger partial charge in [-0.05, 0) is 73.0 Å². The van der Waals surface area contributed by atoms with Crippen molar-refractivity contribution < 1.29 is 4.39 Å². The zero-order chi connectivity index (χ0) is 27.5. The van der Waals surface area contributed by atoms with Crippen molar-refractivity contribution >= 4 is 33.7 Å². The van der Waals surface area contributed by atoms with Crippen LogP contribution in [0, 0.1) is 5.82 Å². The van der Waals surface area contributed by atoms with Crippen LogP contribution in [0.2, 0.25) is 0 Å². The molecule has 0 bridgehead atoms. The maximum atomic E-state index is 15.6. The highest BCUT2D eigenvalue weighted by Crippen LogP contribution is 2.37. The molecule has 0 fully saturated rings. The van der Waals surface area contributed by atoms with Crippen molar-refractivity contribution in [1.29, 1.82) is 0 Å². The van der Waals surface area contributed by atoms with Gasteiger partial charge in [0, 0.05) is 60.7 Å². The number of hydrogen-bond acceptors (Lipinski definition) is 5. The molecule has 200 valence electrons. The Morgan fingerprint density at radius 1 is 1.15 bits per heavy atom. The summed E-state index contributed by atoms with van der Waals surface area (Å²) < 4.78 is 15.6. The minimum atomic E-state index is -0.286. The fraction of sp³-hybridized carbons (Fsp3) is 0.219. The Labute approximate surface area is 233 Å². The number of likely N-dealkylation sites (N-methyl/N-ethyl adjacent to an activating group) is 1. The molecule has 0 saturated heterocycles. The predicted octanol–water partition coefficient (Wildman–Crippen LogP) is 7.33. The van der Waals surface area contributed by atoms with Gasteiger partial charge in [0.05, 0.1) is 11.4 Å². The van der Waals surface area contributed by atoms with E-state index in [9.17, 15) is 0 Å². The van der Waals surface area contributed by atoms with E-state index in [4.69, 9.17) is 4.98 Å². The zero-order valence-electron chi connectivity index (χ0n) is 23.0. The third-order valence-corrected chi connectivity index (χ3v) is 7.60. The molecule has 5 nitrogen and oxygen atoms in total. The summed E-state index contributed by atoms with van der Waals surface area (Å²) in [5.41, 5.74) is 16.8. The maximum Gasteiger partial charge on any atom is 0.138 e. The second-order valence-corrected chi connectivity index (χ2v) is 10.7. The summed E-state index contributed by atoms with van der Waals surface area (Å²) in [4.78, 5) is 10.8. The van der Waals surface area contributed by atoms with E-state index < -0.39 is 0 Å².